The normalized spacial score (nSPS) is 15.0. The minimum absolute atomic E-state index is 0.363. The summed E-state index contributed by atoms with van der Waals surface area (Å²) in [7, 11) is -3.47. The minimum atomic E-state index is -3.47. The maximum Gasteiger partial charge on any atom is 0.207 e. The molecule has 0 aliphatic carbocycles. The van der Waals surface area contributed by atoms with Crippen LogP contribution < -0.4 is 5.84 Å². The number of nitrogen functional groups attached to an aromatic ring is 1. The second kappa shape index (κ2) is 3.94. The number of para-hydroxylation sites is 1. The van der Waals surface area contributed by atoms with Gasteiger partial charge in [-0.25, -0.2) is 8.42 Å². The van der Waals surface area contributed by atoms with E-state index in [1.54, 1.807) is 28.9 Å². The Morgan fingerprint density at radius 1 is 0.783 bits per heavy atom. The van der Waals surface area contributed by atoms with Gasteiger partial charge < -0.3 is 5.84 Å². The third kappa shape index (κ3) is 1.38. The number of fused-ring (bicyclic) bond motifs is 7. The fraction of sp³-hybridized carbons (Fsp3) is 0. The number of hydrogen-bond donors (Lipinski definition) is 1. The number of benzene rings is 3. The predicted octanol–water partition coefficient (Wildman–Crippen LogP) is 3.32. The molecular weight excluding hydrogens is 308 g/mol. The van der Waals surface area contributed by atoms with Gasteiger partial charge in [0.2, 0.25) is 9.84 Å². The largest absolute Gasteiger partial charge is 0.339 e. The highest BCUT2D eigenvalue weighted by Gasteiger charge is 2.34. The maximum absolute atomic E-state index is 12.8. The molecule has 2 heterocycles. The lowest BCUT2D eigenvalue weighted by molar-refractivity contribution is 0.599. The van der Waals surface area contributed by atoms with E-state index < -0.39 is 9.84 Å². The maximum atomic E-state index is 12.8. The standard InChI is InChI=1S/C18H12N2O2S/c19-20-13-7-3-1-5-11(13)17-14(20)9-10-16-18(17)12-6-2-4-8-15(12)23(16,21)22/h1-10H,19H2. The first-order chi connectivity index (χ1) is 11.1. The van der Waals surface area contributed by atoms with Crippen molar-refractivity contribution in [3.8, 4) is 11.1 Å². The van der Waals surface area contributed by atoms with E-state index >= 15 is 0 Å². The monoisotopic (exact) mass is 320 g/mol. The van der Waals surface area contributed by atoms with Crippen LogP contribution in [0.1, 0.15) is 0 Å². The lowest BCUT2D eigenvalue weighted by Crippen LogP contribution is -2.06. The van der Waals surface area contributed by atoms with E-state index in [1.165, 1.54) is 0 Å². The van der Waals surface area contributed by atoms with Crippen LogP contribution in [0, 0.1) is 0 Å². The number of nitrogens with zero attached hydrogens (tertiary/aromatic N) is 1. The molecule has 0 unspecified atom stereocenters. The Morgan fingerprint density at radius 3 is 2.39 bits per heavy atom. The van der Waals surface area contributed by atoms with Crippen LogP contribution in [0.25, 0.3) is 32.9 Å². The van der Waals surface area contributed by atoms with E-state index in [9.17, 15) is 8.42 Å². The Balaban J connectivity index is 2.13. The highest BCUT2D eigenvalue weighted by atomic mass is 32.2. The molecule has 3 aromatic carbocycles. The SMILES string of the molecule is Nn1c2ccccc2c2c3c(ccc21)S(=O)(=O)c1ccccc1-3. The van der Waals surface area contributed by atoms with Crippen LogP contribution in [-0.4, -0.2) is 13.1 Å². The summed E-state index contributed by atoms with van der Waals surface area (Å²) in [5.74, 6) is 6.22. The van der Waals surface area contributed by atoms with Gasteiger partial charge in [0.25, 0.3) is 0 Å². The highest BCUT2D eigenvalue weighted by Crippen LogP contribution is 2.48. The molecule has 112 valence electrons. The number of hydrogen-bond acceptors (Lipinski definition) is 3. The van der Waals surface area contributed by atoms with Gasteiger partial charge in [0, 0.05) is 21.9 Å². The van der Waals surface area contributed by atoms with E-state index in [0.717, 1.165) is 32.9 Å². The topological polar surface area (TPSA) is 65.1 Å². The molecule has 0 bridgehead atoms. The van der Waals surface area contributed by atoms with Gasteiger partial charge in [-0.2, -0.15) is 0 Å². The van der Waals surface area contributed by atoms with Crippen molar-refractivity contribution in [3.63, 3.8) is 0 Å². The lowest BCUT2D eigenvalue weighted by atomic mass is 10.00. The van der Waals surface area contributed by atoms with Crippen LogP contribution >= 0.6 is 0 Å². The predicted molar refractivity (Wildman–Crippen MR) is 90.5 cm³/mol. The van der Waals surface area contributed by atoms with Crippen molar-refractivity contribution in [1.29, 1.82) is 0 Å². The van der Waals surface area contributed by atoms with Gasteiger partial charge in [-0.15, -0.1) is 0 Å². The molecule has 0 saturated heterocycles. The van der Waals surface area contributed by atoms with Gasteiger partial charge in [0.05, 0.1) is 20.8 Å². The molecule has 0 amide bonds. The molecule has 4 nitrogen and oxygen atoms in total. The fourth-order valence-electron chi connectivity index (χ4n) is 3.59. The molecule has 2 N–H and O–H groups in total. The Labute approximate surface area is 132 Å². The molecule has 1 aliphatic rings. The molecule has 0 spiro atoms. The Morgan fingerprint density at radius 2 is 1.52 bits per heavy atom. The third-order valence-corrected chi connectivity index (χ3v) is 6.43. The van der Waals surface area contributed by atoms with E-state index in [2.05, 4.69) is 0 Å². The van der Waals surface area contributed by atoms with Crippen LogP contribution in [0.4, 0.5) is 0 Å². The Kier molecular flexibility index (Phi) is 2.18. The Hall–Kier alpha value is -2.79. The van der Waals surface area contributed by atoms with Gasteiger partial charge >= 0.3 is 0 Å². The first-order valence-corrected chi connectivity index (χ1v) is 8.75. The summed E-state index contributed by atoms with van der Waals surface area (Å²) in [6, 6.07) is 18.4. The van der Waals surface area contributed by atoms with Crippen molar-refractivity contribution in [3.05, 3.63) is 60.7 Å². The summed E-state index contributed by atoms with van der Waals surface area (Å²) in [6.45, 7) is 0. The zero-order valence-electron chi connectivity index (χ0n) is 12.0. The van der Waals surface area contributed by atoms with Gasteiger partial charge in [-0.1, -0.05) is 36.4 Å². The number of aromatic nitrogens is 1. The molecule has 4 aromatic rings. The summed E-state index contributed by atoms with van der Waals surface area (Å²) < 4.78 is 27.3. The molecule has 0 saturated carbocycles. The number of nitrogens with two attached hydrogens (primary N) is 1. The second-order valence-electron chi connectivity index (χ2n) is 5.72. The van der Waals surface area contributed by atoms with Gasteiger partial charge in [0.1, 0.15) is 0 Å². The minimum Gasteiger partial charge on any atom is -0.339 e. The molecule has 23 heavy (non-hydrogen) atoms. The van der Waals surface area contributed by atoms with Crippen LogP contribution in [-0.2, 0) is 9.84 Å². The van der Waals surface area contributed by atoms with Gasteiger partial charge in [0.15, 0.2) is 0 Å². The average Bonchev–Trinajstić information content (AvgIpc) is 2.99. The third-order valence-electron chi connectivity index (χ3n) is 4.57. The lowest BCUT2D eigenvalue weighted by Gasteiger charge is -2.03. The molecule has 1 aliphatic heterocycles. The van der Waals surface area contributed by atoms with E-state index in [1.807, 2.05) is 36.4 Å². The summed E-state index contributed by atoms with van der Waals surface area (Å²) >= 11 is 0. The van der Waals surface area contributed by atoms with Crippen molar-refractivity contribution in [2.75, 3.05) is 5.84 Å². The summed E-state index contributed by atoms with van der Waals surface area (Å²) in [5.41, 5.74) is 3.23. The molecule has 0 radical (unpaired) electrons. The smallest absolute Gasteiger partial charge is 0.207 e. The van der Waals surface area contributed by atoms with Crippen molar-refractivity contribution in [2.45, 2.75) is 9.79 Å². The summed E-state index contributed by atoms with van der Waals surface area (Å²) in [6.07, 6.45) is 0. The zero-order chi connectivity index (χ0) is 15.8. The van der Waals surface area contributed by atoms with E-state index in [4.69, 9.17) is 5.84 Å². The van der Waals surface area contributed by atoms with Crippen LogP contribution in [0.5, 0.6) is 0 Å². The van der Waals surface area contributed by atoms with Crippen LogP contribution in [0.3, 0.4) is 0 Å². The summed E-state index contributed by atoms with van der Waals surface area (Å²) in [5, 5.41) is 1.86. The van der Waals surface area contributed by atoms with Crippen molar-refractivity contribution in [1.82, 2.24) is 4.68 Å². The fourth-order valence-corrected chi connectivity index (χ4v) is 5.27. The summed E-state index contributed by atoms with van der Waals surface area (Å²) in [4.78, 5) is 0.735. The van der Waals surface area contributed by atoms with Gasteiger partial charge in [-0.05, 0) is 24.3 Å². The first kappa shape index (κ1) is 12.7. The van der Waals surface area contributed by atoms with E-state index in [0.29, 0.717) is 9.79 Å². The molecule has 0 atom stereocenters. The Bertz CT molecular complexity index is 1240. The van der Waals surface area contributed by atoms with Crippen LogP contribution in [0.2, 0.25) is 0 Å². The zero-order valence-corrected chi connectivity index (χ0v) is 12.8. The molecule has 0 fully saturated rings. The quantitative estimate of drug-likeness (QED) is 0.445. The van der Waals surface area contributed by atoms with Crippen LogP contribution in [0.15, 0.2) is 70.5 Å². The van der Waals surface area contributed by atoms with Crippen molar-refractivity contribution >= 4 is 31.6 Å². The average molecular weight is 320 g/mol. The number of rotatable bonds is 0. The van der Waals surface area contributed by atoms with Crippen molar-refractivity contribution < 1.29 is 8.42 Å². The van der Waals surface area contributed by atoms with Gasteiger partial charge in [-0.3, -0.25) is 4.68 Å². The molecular formula is C18H12N2O2S. The molecule has 1 aromatic heterocycles. The van der Waals surface area contributed by atoms with Crippen molar-refractivity contribution in [2.24, 2.45) is 0 Å². The second-order valence-corrected chi connectivity index (χ2v) is 7.61. The number of sulfone groups is 1. The molecule has 5 rings (SSSR count). The highest BCUT2D eigenvalue weighted by molar-refractivity contribution is 7.92. The molecule has 5 heteroatoms. The van der Waals surface area contributed by atoms with E-state index in [-0.39, 0.29) is 0 Å². The first-order valence-electron chi connectivity index (χ1n) is 7.26.